The van der Waals surface area contributed by atoms with E-state index in [1.54, 1.807) is 0 Å². The lowest BCUT2D eigenvalue weighted by molar-refractivity contribution is 0.0972. The maximum atomic E-state index is 13.3. The molecule has 6 rings (SSSR count). The lowest BCUT2D eigenvalue weighted by atomic mass is 9.84. The van der Waals surface area contributed by atoms with Gasteiger partial charge < -0.3 is 18.9 Å². The van der Waals surface area contributed by atoms with E-state index in [0.29, 0.717) is 24.7 Å². The van der Waals surface area contributed by atoms with Gasteiger partial charge in [0.15, 0.2) is 0 Å². The van der Waals surface area contributed by atoms with Crippen molar-refractivity contribution >= 4 is 55.4 Å². The topological polar surface area (TPSA) is 71.1 Å². The van der Waals surface area contributed by atoms with Crippen LogP contribution in [0.15, 0.2) is 84.9 Å². The second-order valence-electron chi connectivity index (χ2n) is 14.9. The van der Waals surface area contributed by atoms with Crippen LogP contribution in [0.5, 0.6) is 11.5 Å². The minimum absolute atomic E-state index is 0.331. The molecular weight excluding hydrogens is 697 g/mol. The van der Waals surface area contributed by atoms with Crippen molar-refractivity contribution in [3.05, 3.63) is 96.1 Å². The van der Waals surface area contributed by atoms with E-state index in [1.165, 1.54) is 49.7 Å². The standard InChI is InChI=1S/C50H58O6/c1-5-9-11-13-15-21-31-53-49(51)55-47-39-25-19-17-23-37(39)45(43-33-35(7-3)27-29-41(43)47)46-38-24-18-20-26-40(38)48(42-30-28-36(8-4)34-44(42)46)56-50(52)54-32-22-16-14-12-10-6-2/h17-20,23-30,33-34H,5-16,21-22,31-32H2,1-4H3. The Bertz CT molecular complexity index is 2110. The van der Waals surface area contributed by atoms with Crippen molar-refractivity contribution in [1.82, 2.24) is 0 Å². The van der Waals surface area contributed by atoms with Gasteiger partial charge in [0.05, 0.1) is 13.2 Å². The van der Waals surface area contributed by atoms with E-state index in [-0.39, 0.29) is 0 Å². The Morgan fingerprint density at radius 1 is 0.411 bits per heavy atom. The molecule has 0 radical (unpaired) electrons. The minimum Gasteiger partial charge on any atom is -0.434 e. The van der Waals surface area contributed by atoms with Crippen LogP contribution in [-0.4, -0.2) is 25.5 Å². The number of carbonyl (C=O) groups is 2. The lowest BCUT2D eigenvalue weighted by Gasteiger charge is -2.22. The first kappa shape index (κ1) is 40.6. The number of carbonyl (C=O) groups excluding carboxylic acids is 2. The number of aryl methyl sites for hydroxylation is 2. The van der Waals surface area contributed by atoms with Crippen LogP contribution < -0.4 is 9.47 Å². The number of fused-ring (bicyclic) bond motifs is 4. The average Bonchev–Trinajstić information content (AvgIpc) is 3.23. The number of hydrogen-bond acceptors (Lipinski definition) is 6. The molecule has 0 amide bonds. The van der Waals surface area contributed by atoms with Gasteiger partial charge in [-0.2, -0.15) is 0 Å². The molecule has 0 heterocycles. The number of ether oxygens (including phenoxy) is 4. The number of benzene rings is 6. The van der Waals surface area contributed by atoms with Crippen molar-refractivity contribution in [1.29, 1.82) is 0 Å². The third-order valence-corrected chi connectivity index (χ3v) is 11.0. The molecule has 0 aliphatic heterocycles. The molecule has 6 heteroatoms. The third kappa shape index (κ3) is 9.46. The Balaban J connectivity index is 1.46. The zero-order chi connectivity index (χ0) is 39.3. The van der Waals surface area contributed by atoms with E-state index in [2.05, 4.69) is 76.2 Å². The Hall–Kier alpha value is -5.10. The molecule has 0 N–H and O–H groups in total. The molecule has 294 valence electrons. The summed E-state index contributed by atoms with van der Waals surface area (Å²) in [6, 6.07) is 29.0. The minimum atomic E-state index is -0.689. The van der Waals surface area contributed by atoms with Gasteiger partial charge in [-0.1, -0.05) is 177 Å². The molecule has 0 saturated heterocycles. The van der Waals surface area contributed by atoms with Gasteiger partial charge in [-0.05, 0) is 69.5 Å². The molecule has 0 spiro atoms. The summed E-state index contributed by atoms with van der Waals surface area (Å²) in [5.41, 5.74) is 4.40. The predicted octanol–water partition coefficient (Wildman–Crippen LogP) is 14.8. The van der Waals surface area contributed by atoms with Gasteiger partial charge in [0, 0.05) is 21.5 Å². The van der Waals surface area contributed by atoms with Crippen molar-refractivity contribution in [2.24, 2.45) is 0 Å². The van der Waals surface area contributed by atoms with Gasteiger partial charge in [0.1, 0.15) is 11.5 Å². The fourth-order valence-corrected chi connectivity index (χ4v) is 7.87. The summed E-state index contributed by atoms with van der Waals surface area (Å²) in [6.45, 7) is 9.37. The van der Waals surface area contributed by atoms with Crippen molar-refractivity contribution in [3.63, 3.8) is 0 Å². The zero-order valence-corrected chi connectivity index (χ0v) is 33.8. The molecule has 0 aromatic heterocycles. The quantitative estimate of drug-likeness (QED) is 0.0355. The van der Waals surface area contributed by atoms with E-state index < -0.39 is 12.3 Å². The maximum Gasteiger partial charge on any atom is 0.513 e. The Kier molecular flexibility index (Phi) is 14.6. The largest absolute Gasteiger partial charge is 0.513 e. The SMILES string of the molecule is CCCCCCCCOC(=O)Oc1c2ccccc2c(-c2c3ccccc3c(OC(=O)OCCCCCCCC)c3ccc(CC)cc23)c2cc(CC)ccc12. The van der Waals surface area contributed by atoms with Crippen LogP contribution >= 0.6 is 0 Å². The fraction of sp³-hybridized carbons (Fsp3) is 0.400. The van der Waals surface area contributed by atoms with Crippen LogP contribution in [0.3, 0.4) is 0 Å². The summed E-state index contributed by atoms with van der Waals surface area (Å²) < 4.78 is 23.6. The average molecular weight is 755 g/mol. The molecule has 0 saturated carbocycles. The highest BCUT2D eigenvalue weighted by atomic mass is 16.7. The summed E-state index contributed by atoms with van der Waals surface area (Å²) in [4.78, 5) is 26.6. The summed E-state index contributed by atoms with van der Waals surface area (Å²) in [5.74, 6) is 0.983. The number of unbranched alkanes of at least 4 members (excludes halogenated alkanes) is 10. The number of hydrogen-bond donors (Lipinski definition) is 0. The smallest absolute Gasteiger partial charge is 0.434 e. The van der Waals surface area contributed by atoms with Crippen LogP contribution in [0, 0.1) is 0 Å². The van der Waals surface area contributed by atoms with Crippen LogP contribution in [0.4, 0.5) is 9.59 Å². The molecule has 0 bridgehead atoms. The highest BCUT2D eigenvalue weighted by Gasteiger charge is 2.25. The molecule has 0 fully saturated rings. The Morgan fingerprint density at radius 2 is 0.768 bits per heavy atom. The van der Waals surface area contributed by atoms with Crippen molar-refractivity contribution in [2.45, 2.75) is 118 Å². The van der Waals surface area contributed by atoms with E-state index in [1.807, 2.05) is 36.4 Å². The first-order valence-corrected chi connectivity index (χ1v) is 21.1. The lowest BCUT2D eigenvalue weighted by Crippen LogP contribution is -2.12. The van der Waals surface area contributed by atoms with Crippen molar-refractivity contribution in [3.8, 4) is 22.6 Å². The molecule has 6 nitrogen and oxygen atoms in total. The van der Waals surface area contributed by atoms with Gasteiger partial charge in [-0.3, -0.25) is 0 Å². The van der Waals surface area contributed by atoms with Crippen molar-refractivity contribution in [2.75, 3.05) is 13.2 Å². The van der Waals surface area contributed by atoms with E-state index in [0.717, 1.165) is 106 Å². The third-order valence-electron chi connectivity index (χ3n) is 11.0. The first-order valence-electron chi connectivity index (χ1n) is 21.1. The second-order valence-corrected chi connectivity index (χ2v) is 14.9. The Morgan fingerprint density at radius 3 is 1.16 bits per heavy atom. The van der Waals surface area contributed by atoms with Crippen LogP contribution in [0.2, 0.25) is 0 Å². The molecule has 6 aromatic rings. The van der Waals surface area contributed by atoms with Gasteiger partial charge in [-0.15, -0.1) is 0 Å². The first-order chi connectivity index (χ1) is 27.5. The molecule has 0 aliphatic carbocycles. The summed E-state index contributed by atoms with van der Waals surface area (Å²) >= 11 is 0. The van der Waals surface area contributed by atoms with Gasteiger partial charge in [-0.25, -0.2) is 9.59 Å². The highest BCUT2D eigenvalue weighted by molar-refractivity contribution is 6.27. The summed E-state index contributed by atoms with van der Waals surface area (Å²) in [6.07, 6.45) is 13.5. The molecule has 6 aromatic carbocycles. The zero-order valence-electron chi connectivity index (χ0n) is 33.8. The normalized spacial score (nSPS) is 11.4. The summed E-state index contributed by atoms with van der Waals surface area (Å²) in [5, 5.41) is 7.14. The highest BCUT2D eigenvalue weighted by Crippen LogP contribution is 2.50. The summed E-state index contributed by atoms with van der Waals surface area (Å²) in [7, 11) is 0. The maximum absolute atomic E-state index is 13.3. The van der Waals surface area contributed by atoms with E-state index >= 15 is 0 Å². The van der Waals surface area contributed by atoms with Gasteiger partial charge in [0.25, 0.3) is 0 Å². The molecule has 56 heavy (non-hydrogen) atoms. The van der Waals surface area contributed by atoms with Gasteiger partial charge >= 0.3 is 12.3 Å². The monoisotopic (exact) mass is 754 g/mol. The molecule has 0 atom stereocenters. The fourth-order valence-electron chi connectivity index (χ4n) is 7.87. The van der Waals surface area contributed by atoms with E-state index in [4.69, 9.17) is 18.9 Å². The van der Waals surface area contributed by atoms with E-state index in [9.17, 15) is 9.59 Å². The molecule has 0 aliphatic rings. The molecular formula is C50H58O6. The number of rotatable bonds is 19. The van der Waals surface area contributed by atoms with Gasteiger partial charge in [0.2, 0.25) is 0 Å². The Labute approximate surface area is 332 Å². The van der Waals surface area contributed by atoms with Crippen LogP contribution in [0.1, 0.15) is 116 Å². The predicted molar refractivity (Wildman–Crippen MR) is 231 cm³/mol. The second kappa shape index (κ2) is 20.2. The molecule has 0 unspecified atom stereocenters. The van der Waals surface area contributed by atoms with Crippen LogP contribution in [0.25, 0.3) is 54.2 Å². The van der Waals surface area contributed by atoms with Crippen molar-refractivity contribution < 1.29 is 28.5 Å². The van der Waals surface area contributed by atoms with Crippen LogP contribution in [-0.2, 0) is 22.3 Å².